The molecule has 3 N–H and O–H groups in total. The molecule has 1 rings (SSSR count). The van der Waals surface area contributed by atoms with Crippen LogP contribution in [0.2, 0.25) is 0 Å². The number of hydrogen-bond donors (Lipinski definition) is 2. The van der Waals surface area contributed by atoms with Crippen LogP contribution >= 0.6 is 0 Å². The molecule has 0 radical (unpaired) electrons. The standard InChI is InChI=1S/C15H24N2O/c1-4-5-12-6-8-13(9-7-12)17-15(18)14(16)10-11(2)3/h6-9,11,14H,4-5,10,16H2,1-3H3,(H,17,18)/t14-/m0/s1. The van der Waals surface area contributed by atoms with Crippen LogP contribution in [0.25, 0.3) is 0 Å². The van der Waals surface area contributed by atoms with Gasteiger partial charge in [-0.1, -0.05) is 39.3 Å². The van der Waals surface area contributed by atoms with Crippen LogP contribution in [0.3, 0.4) is 0 Å². The monoisotopic (exact) mass is 248 g/mol. The summed E-state index contributed by atoms with van der Waals surface area (Å²) in [5.41, 5.74) is 7.94. The minimum atomic E-state index is -0.430. The molecule has 1 atom stereocenters. The average Bonchev–Trinajstić information content (AvgIpc) is 2.31. The van der Waals surface area contributed by atoms with Crippen molar-refractivity contribution in [3.63, 3.8) is 0 Å². The summed E-state index contributed by atoms with van der Waals surface area (Å²) in [6, 6.07) is 7.54. The number of carbonyl (C=O) groups is 1. The highest BCUT2D eigenvalue weighted by Gasteiger charge is 2.14. The predicted molar refractivity (Wildman–Crippen MR) is 76.5 cm³/mol. The lowest BCUT2D eigenvalue weighted by Crippen LogP contribution is -2.36. The number of carbonyl (C=O) groups excluding carboxylic acids is 1. The van der Waals surface area contributed by atoms with Crippen molar-refractivity contribution in [1.29, 1.82) is 0 Å². The molecule has 3 nitrogen and oxygen atoms in total. The van der Waals surface area contributed by atoms with E-state index in [1.54, 1.807) is 0 Å². The minimum absolute atomic E-state index is 0.105. The normalized spacial score (nSPS) is 12.5. The summed E-state index contributed by atoms with van der Waals surface area (Å²) in [5.74, 6) is 0.324. The molecule has 0 bridgehead atoms. The lowest BCUT2D eigenvalue weighted by molar-refractivity contribution is -0.117. The third kappa shape index (κ3) is 4.88. The topological polar surface area (TPSA) is 55.1 Å². The van der Waals surface area contributed by atoms with E-state index in [1.807, 2.05) is 24.3 Å². The maximum absolute atomic E-state index is 11.8. The third-order valence-electron chi connectivity index (χ3n) is 2.82. The van der Waals surface area contributed by atoms with Gasteiger partial charge in [0.1, 0.15) is 0 Å². The second-order valence-corrected chi connectivity index (χ2v) is 5.17. The molecule has 0 saturated carbocycles. The van der Waals surface area contributed by atoms with E-state index >= 15 is 0 Å². The highest BCUT2D eigenvalue weighted by Crippen LogP contribution is 2.12. The Morgan fingerprint density at radius 2 is 1.89 bits per heavy atom. The largest absolute Gasteiger partial charge is 0.325 e. The molecule has 18 heavy (non-hydrogen) atoms. The van der Waals surface area contributed by atoms with Crippen LogP contribution in [0.15, 0.2) is 24.3 Å². The summed E-state index contributed by atoms with van der Waals surface area (Å²) in [6.07, 6.45) is 2.91. The Balaban J connectivity index is 2.53. The fraction of sp³-hybridized carbons (Fsp3) is 0.533. The Labute approximate surface area is 110 Å². The quantitative estimate of drug-likeness (QED) is 0.813. The van der Waals surface area contributed by atoms with Crippen molar-refractivity contribution in [2.24, 2.45) is 11.7 Å². The first-order chi connectivity index (χ1) is 8.52. The van der Waals surface area contributed by atoms with Gasteiger partial charge in [0, 0.05) is 5.69 Å². The van der Waals surface area contributed by atoms with E-state index in [0.717, 1.165) is 18.5 Å². The number of hydrogen-bond acceptors (Lipinski definition) is 2. The molecular weight excluding hydrogens is 224 g/mol. The zero-order chi connectivity index (χ0) is 13.5. The lowest BCUT2D eigenvalue weighted by atomic mass is 10.0. The Morgan fingerprint density at radius 1 is 1.28 bits per heavy atom. The van der Waals surface area contributed by atoms with Crippen molar-refractivity contribution in [2.45, 2.75) is 46.1 Å². The molecule has 0 spiro atoms. The predicted octanol–water partition coefficient (Wildman–Crippen LogP) is 2.95. The number of nitrogens with two attached hydrogens (primary N) is 1. The number of nitrogens with one attached hydrogen (secondary N) is 1. The van der Waals surface area contributed by atoms with Gasteiger partial charge in [-0.25, -0.2) is 0 Å². The summed E-state index contributed by atoms with van der Waals surface area (Å²) < 4.78 is 0. The van der Waals surface area contributed by atoms with Gasteiger partial charge in [0.05, 0.1) is 6.04 Å². The molecule has 0 aliphatic carbocycles. The van der Waals surface area contributed by atoms with Gasteiger partial charge < -0.3 is 11.1 Å². The van der Waals surface area contributed by atoms with E-state index in [0.29, 0.717) is 12.3 Å². The van der Waals surface area contributed by atoms with Gasteiger partial charge in [0.25, 0.3) is 0 Å². The molecule has 0 fully saturated rings. The summed E-state index contributed by atoms with van der Waals surface area (Å²) in [6.45, 7) is 6.28. The molecule has 0 aliphatic rings. The van der Waals surface area contributed by atoms with Crippen molar-refractivity contribution in [2.75, 3.05) is 5.32 Å². The van der Waals surface area contributed by atoms with E-state index in [9.17, 15) is 4.79 Å². The molecule has 100 valence electrons. The Hall–Kier alpha value is -1.35. The number of benzene rings is 1. The van der Waals surface area contributed by atoms with Crippen LogP contribution in [0.5, 0.6) is 0 Å². The van der Waals surface area contributed by atoms with Crippen LogP contribution in [0, 0.1) is 5.92 Å². The summed E-state index contributed by atoms with van der Waals surface area (Å²) >= 11 is 0. The SMILES string of the molecule is CCCc1ccc(NC(=O)[C@@H](N)CC(C)C)cc1. The molecule has 1 aromatic carbocycles. The van der Waals surface area contributed by atoms with Gasteiger partial charge in [0.15, 0.2) is 0 Å². The highest BCUT2D eigenvalue weighted by atomic mass is 16.2. The Morgan fingerprint density at radius 3 is 2.39 bits per heavy atom. The summed E-state index contributed by atoms with van der Waals surface area (Å²) in [4.78, 5) is 11.8. The average molecular weight is 248 g/mol. The molecule has 0 aromatic heterocycles. The molecule has 0 saturated heterocycles. The fourth-order valence-electron chi connectivity index (χ4n) is 1.89. The Kier molecular flexibility index (Phi) is 5.86. The number of anilines is 1. The van der Waals surface area contributed by atoms with Gasteiger partial charge in [-0.05, 0) is 36.5 Å². The van der Waals surface area contributed by atoms with Crippen molar-refractivity contribution < 1.29 is 4.79 Å². The van der Waals surface area contributed by atoms with Gasteiger partial charge in [-0.3, -0.25) is 4.79 Å². The zero-order valence-corrected chi connectivity index (χ0v) is 11.6. The first kappa shape index (κ1) is 14.7. The van der Waals surface area contributed by atoms with Crippen LogP contribution in [-0.4, -0.2) is 11.9 Å². The van der Waals surface area contributed by atoms with E-state index in [1.165, 1.54) is 5.56 Å². The van der Waals surface area contributed by atoms with Gasteiger partial charge >= 0.3 is 0 Å². The summed E-state index contributed by atoms with van der Waals surface area (Å²) in [5, 5.41) is 2.85. The number of amides is 1. The Bertz CT molecular complexity index is 371. The van der Waals surface area contributed by atoms with Crippen LogP contribution < -0.4 is 11.1 Å². The van der Waals surface area contributed by atoms with E-state index in [2.05, 4.69) is 26.1 Å². The molecular formula is C15H24N2O. The molecule has 0 aliphatic heterocycles. The first-order valence-corrected chi connectivity index (χ1v) is 6.68. The molecule has 0 unspecified atom stereocenters. The number of aryl methyl sites for hydroxylation is 1. The fourth-order valence-corrected chi connectivity index (χ4v) is 1.89. The van der Waals surface area contributed by atoms with Gasteiger partial charge in [-0.15, -0.1) is 0 Å². The second kappa shape index (κ2) is 7.17. The second-order valence-electron chi connectivity index (χ2n) is 5.17. The van der Waals surface area contributed by atoms with Crippen LogP contribution in [-0.2, 0) is 11.2 Å². The van der Waals surface area contributed by atoms with E-state index in [-0.39, 0.29) is 5.91 Å². The molecule has 0 heterocycles. The van der Waals surface area contributed by atoms with Crippen molar-refractivity contribution in [3.05, 3.63) is 29.8 Å². The van der Waals surface area contributed by atoms with Gasteiger partial charge in [0.2, 0.25) is 5.91 Å². The molecule has 3 heteroatoms. The van der Waals surface area contributed by atoms with Crippen molar-refractivity contribution >= 4 is 11.6 Å². The van der Waals surface area contributed by atoms with E-state index < -0.39 is 6.04 Å². The minimum Gasteiger partial charge on any atom is -0.325 e. The smallest absolute Gasteiger partial charge is 0.241 e. The van der Waals surface area contributed by atoms with Crippen molar-refractivity contribution in [1.82, 2.24) is 0 Å². The van der Waals surface area contributed by atoms with E-state index in [4.69, 9.17) is 5.73 Å². The zero-order valence-electron chi connectivity index (χ0n) is 11.6. The van der Waals surface area contributed by atoms with Crippen molar-refractivity contribution in [3.8, 4) is 0 Å². The highest BCUT2D eigenvalue weighted by molar-refractivity contribution is 5.94. The molecule has 1 amide bonds. The van der Waals surface area contributed by atoms with Crippen LogP contribution in [0.4, 0.5) is 5.69 Å². The van der Waals surface area contributed by atoms with Crippen LogP contribution in [0.1, 0.15) is 39.2 Å². The van der Waals surface area contributed by atoms with Gasteiger partial charge in [-0.2, -0.15) is 0 Å². The third-order valence-corrected chi connectivity index (χ3v) is 2.82. The number of rotatable bonds is 6. The maximum Gasteiger partial charge on any atom is 0.241 e. The molecule has 1 aromatic rings. The maximum atomic E-state index is 11.8. The summed E-state index contributed by atoms with van der Waals surface area (Å²) in [7, 11) is 0. The lowest BCUT2D eigenvalue weighted by Gasteiger charge is -2.14. The first-order valence-electron chi connectivity index (χ1n) is 6.68.